The molecule has 6 nitrogen and oxygen atoms in total. The Hall–Kier alpha value is -2.67. The maximum Gasteiger partial charge on any atom is 0.261 e. The van der Waals surface area contributed by atoms with Gasteiger partial charge in [-0.25, -0.2) is 8.42 Å². The number of aromatic nitrogens is 1. The van der Waals surface area contributed by atoms with E-state index in [1.807, 2.05) is 0 Å². The molecule has 0 fully saturated rings. The van der Waals surface area contributed by atoms with E-state index in [0.29, 0.717) is 11.4 Å². The van der Waals surface area contributed by atoms with Crippen molar-refractivity contribution in [3.8, 4) is 0 Å². The maximum absolute atomic E-state index is 12.1. The van der Waals surface area contributed by atoms with Crippen molar-refractivity contribution < 1.29 is 13.2 Å². The van der Waals surface area contributed by atoms with Crippen LogP contribution in [0, 0.1) is 0 Å². The Morgan fingerprint density at radius 1 is 1.36 bits per heavy atom. The van der Waals surface area contributed by atoms with Crippen molar-refractivity contribution in [2.45, 2.75) is 6.92 Å². The summed E-state index contributed by atoms with van der Waals surface area (Å²) in [6.45, 7) is 8.55. The molecule has 0 radical (unpaired) electrons. The first-order chi connectivity index (χ1) is 10.4. The Labute approximate surface area is 130 Å². The van der Waals surface area contributed by atoms with Gasteiger partial charge in [-0.3, -0.25) is 14.5 Å². The molecule has 0 spiro atoms. The molecule has 0 aromatic carbocycles. The smallest absolute Gasteiger partial charge is 0.261 e. The van der Waals surface area contributed by atoms with E-state index in [9.17, 15) is 13.2 Å². The number of carbonyl (C=O) groups is 1. The summed E-state index contributed by atoms with van der Waals surface area (Å²) in [6, 6.07) is 3.18. The Morgan fingerprint density at radius 2 is 2.09 bits per heavy atom. The van der Waals surface area contributed by atoms with Crippen LogP contribution in [-0.4, -0.2) is 19.3 Å². The van der Waals surface area contributed by atoms with Gasteiger partial charge >= 0.3 is 0 Å². The number of nitrogens with zero attached hydrogens (tertiary/aromatic N) is 1. The SMILES string of the molecule is C=CC(=O)NC(/C=C\C(=C)S(=O)(=O)Nc1cccnc1)=C/C. The van der Waals surface area contributed by atoms with Crippen LogP contribution >= 0.6 is 0 Å². The lowest BCUT2D eigenvalue weighted by atomic mass is 10.3. The first kappa shape index (κ1) is 17.4. The first-order valence-electron chi connectivity index (χ1n) is 6.28. The number of nitrogens with one attached hydrogen (secondary N) is 2. The van der Waals surface area contributed by atoms with E-state index in [1.165, 1.54) is 24.5 Å². The molecule has 116 valence electrons. The summed E-state index contributed by atoms with van der Waals surface area (Å²) in [6.07, 6.45) is 8.38. The summed E-state index contributed by atoms with van der Waals surface area (Å²) >= 11 is 0. The number of amides is 1. The second-order valence-corrected chi connectivity index (χ2v) is 5.82. The zero-order valence-corrected chi connectivity index (χ0v) is 12.9. The largest absolute Gasteiger partial charge is 0.323 e. The summed E-state index contributed by atoms with van der Waals surface area (Å²) < 4.78 is 26.5. The maximum atomic E-state index is 12.1. The summed E-state index contributed by atoms with van der Waals surface area (Å²) in [7, 11) is -3.78. The van der Waals surface area contributed by atoms with Crippen molar-refractivity contribution in [3.63, 3.8) is 0 Å². The van der Waals surface area contributed by atoms with Crippen molar-refractivity contribution >= 4 is 21.6 Å². The molecule has 1 heterocycles. The molecule has 0 saturated carbocycles. The van der Waals surface area contributed by atoms with Gasteiger partial charge < -0.3 is 5.32 Å². The van der Waals surface area contributed by atoms with Gasteiger partial charge in [-0.05, 0) is 37.3 Å². The van der Waals surface area contributed by atoms with E-state index >= 15 is 0 Å². The number of rotatable bonds is 7. The summed E-state index contributed by atoms with van der Waals surface area (Å²) in [5.74, 6) is -0.389. The lowest BCUT2D eigenvalue weighted by Gasteiger charge is -2.07. The minimum atomic E-state index is -3.78. The predicted molar refractivity (Wildman–Crippen MR) is 87.2 cm³/mol. The van der Waals surface area contributed by atoms with Crippen LogP contribution in [0.2, 0.25) is 0 Å². The predicted octanol–water partition coefficient (Wildman–Crippen LogP) is 2.10. The molecular formula is C15H17N3O3S. The lowest BCUT2D eigenvalue weighted by Crippen LogP contribution is -2.19. The molecule has 0 unspecified atom stereocenters. The zero-order valence-electron chi connectivity index (χ0n) is 12.1. The van der Waals surface area contributed by atoms with Gasteiger partial charge in [0.25, 0.3) is 10.0 Å². The highest BCUT2D eigenvalue weighted by atomic mass is 32.2. The van der Waals surface area contributed by atoms with Crippen LogP contribution < -0.4 is 10.0 Å². The normalized spacial score (nSPS) is 12.0. The van der Waals surface area contributed by atoms with Crippen LogP contribution in [0.25, 0.3) is 0 Å². The highest BCUT2D eigenvalue weighted by Gasteiger charge is 2.13. The molecule has 0 aliphatic carbocycles. The van der Waals surface area contributed by atoms with Crippen LogP contribution in [0.3, 0.4) is 0 Å². The third-order valence-corrected chi connectivity index (χ3v) is 3.80. The fraction of sp³-hybridized carbons (Fsp3) is 0.0667. The van der Waals surface area contributed by atoms with E-state index in [4.69, 9.17) is 0 Å². The number of hydrogen-bond donors (Lipinski definition) is 2. The van der Waals surface area contributed by atoms with Crippen LogP contribution in [0.15, 0.2) is 72.6 Å². The van der Waals surface area contributed by atoms with Gasteiger partial charge in [0.2, 0.25) is 5.91 Å². The highest BCUT2D eigenvalue weighted by molar-refractivity contribution is 7.96. The van der Waals surface area contributed by atoms with Gasteiger partial charge in [0, 0.05) is 11.9 Å². The quantitative estimate of drug-likeness (QED) is 0.595. The van der Waals surface area contributed by atoms with Gasteiger partial charge in [-0.1, -0.05) is 19.2 Å². The molecule has 0 bridgehead atoms. The Balaban J connectivity index is 2.80. The van der Waals surface area contributed by atoms with E-state index in [2.05, 4.69) is 28.2 Å². The number of pyridine rings is 1. The molecule has 0 atom stereocenters. The molecule has 0 aliphatic heterocycles. The van der Waals surface area contributed by atoms with Crippen LogP contribution in [-0.2, 0) is 14.8 Å². The number of hydrogen-bond acceptors (Lipinski definition) is 4. The van der Waals surface area contributed by atoms with Crippen molar-refractivity contribution in [1.82, 2.24) is 10.3 Å². The van der Waals surface area contributed by atoms with Gasteiger partial charge in [0.1, 0.15) is 0 Å². The Morgan fingerprint density at radius 3 is 2.64 bits per heavy atom. The average molecular weight is 319 g/mol. The number of carbonyl (C=O) groups excluding carboxylic acids is 1. The summed E-state index contributed by atoms with van der Waals surface area (Å²) in [5, 5.41) is 2.52. The molecule has 0 aliphatic rings. The van der Waals surface area contributed by atoms with Crippen LogP contribution in [0.5, 0.6) is 0 Å². The Bertz CT molecular complexity index is 720. The Kier molecular flexibility index (Phi) is 6.27. The minimum Gasteiger partial charge on any atom is -0.323 e. The van der Waals surface area contributed by atoms with E-state index < -0.39 is 10.0 Å². The first-order valence-corrected chi connectivity index (χ1v) is 7.77. The second kappa shape index (κ2) is 7.94. The minimum absolute atomic E-state index is 0.149. The van der Waals surface area contributed by atoms with Gasteiger partial charge in [0.15, 0.2) is 0 Å². The van der Waals surface area contributed by atoms with E-state index in [-0.39, 0.29) is 10.8 Å². The number of anilines is 1. The molecule has 1 aromatic heterocycles. The molecule has 1 aromatic rings. The van der Waals surface area contributed by atoms with E-state index in [0.717, 1.165) is 6.08 Å². The molecule has 1 rings (SSSR count). The van der Waals surface area contributed by atoms with Gasteiger partial charge in [0.05, 0.1) is 16.8 Å². The molecule has 22 heavy (non-hydrogen) atoms. The van der Waals surface area contributed by atoms with Gasteiger partial charge in [-0.2, -0.15) is 0 Å². The summed E-state index contributed by atoms with van der Waals surface area (Å²) in [4.78, 5) is 14.9. The van der Waals surface area contributed by atoms with Gasteiger partial charge in [-0.15, -0.1) is 0 Å². The third kappa shape index (κ3) is 5.37. The third-order valence-electron chi connectivity index (χ3n) is 2.47. The fourth-order valence-electron chi connectivity index (χ4n) is 1.32. The van der Waals surface area contributed by atoms with Crippen LogP contribution in [0.4, 0.5) is 5.69 Å². The number of sulfonamides is 1. The van der Waals surface area contributed by atoms with Crippen molar-refractivity contribution in [2.75, 3.05) is 4.72 Å². The number of allylic oxidation sites excluding steroid dienone is 3. The lowest BCUT2D eigenvalue weighted by molar-refractivity contribution is -0.115. The van der Waals surface area contributed by atoms with Crippen LogP contribution in [0.1, 0.15) is 6.92 Å². The fourth-order valence-corrected chi connectivity index (χ4v) is 2.13. The monoisotopic (exact) mass is 319 g/mol. The molecule has 2 N–H and O–H groups in total. The zero-order chi connectivity index (χ0) is 16.6. The highest BCUT2D eigenvalue weighted by Crippen LogP contribution is 2.13. The van der Waals surface area contributed by atoms with Crippen molar-refractivity contribution in [1.29, 1.82) is 0 Å². The molecule has 7 heteroatoms. The summed E-state index contributed by atoms with van der Waals surface area (Å²) in [5.41, 5.74) is 0.769. The second-order valence-electron chi connectivity index (χ2n) is 4.08. The standard InChI is InChI=1S/C15H17N3O3S/c1-4-13(17-15(19)5-2)9-8-12(3)22(20,21)18-14-7-6-10-16-11-14/h4-11,18H,2-3H2,1H3,(H,17,19)/b9-8-,13-4+. The average Bonchev–Trinajstić information content (AvgIpc) is 2.51. The molecule has 1 amide bonds. The van der Waals surface area contributed by atoms with Crippen molar-refractivity contribution in [3.05, 3.63) is 72.6 Å². The van der Waals surface area contributed by atoms with E-state index in [1.54, 1.807) is 25.1 Å². The molecular weight excluding hydrogens is 302 g/mol. The molecule has 0 saturated heterocycles. The van der Waals surface area contributed by atoms with Crippen molar-refractivity contribution in [2.24, 2.45) is 0 Å². The topological polar surface area (TPSA) is 88.2 Å².